The van der Waals surface area contributed by atoms with Gasteiger partial charge in [-0.15, -0.1) is 11.3 Å². The van der Waals surface area contributed by atoms with Gasteiger partial charge in [0.2, 0.25) is 10.0 Å². The van der Waals surface area contributed by atoms with E-state index in [2.05, 4.69) is 4.72 Å². The summed E-state index contributed by atoms with van der Waals surface area (Å²) >= 11 is 1.02. The Bertz CT molecular complexity index is 588. The molecule has 0 aromatic carbocycles. The van der Waals surface area contributed by atoms with Gasteiger partial charge in [-0.1, -0.05) is 32.1 Å². The SMILES string of the molecule is O=C(O)Cc1ccc(S(=O)(=O)NCCCC2CCCCC2)s1. The Balaban J connectivity index is 1.77. The third-order valence-electron chi connectivity index (χ3n) is 4.03. The van der Waals surface area contributed by atoms with Gasteiger partial charge in [-0.3, -0.25) is 4.79 Å². The molecule has 2 N–H and O–H groups in total. The zero-order chi connectivity index (χ0) is 16.0. The second kappa shape index (κ2) is 8.08. The number of carboxylic acids is 1. The molecule has 1 fully saturated rings. The van der Waals surface area contributed by atoms with Crippen LogP contribution < -0.4 is 4.72 Å². The van der Waals surface area contributed by atoms with E-state index in [0.29, 0.717) is 11.4 Å². The zero-order valence-electron chi connectivity index (χ0n) is 12.6. The van der Waals surface area contributed by atoms with Gasteiger partial charge in [0.25, 0.3) is 0 Å². The molecule has 0 amide bonds. The standard InChI is InChI=1S/C15H23NO4S2/c17-14(18)11-13-8-9-15(21-13)22(19,20)16-10-4-7-12-5-2-1-3-6-12/h8-9,12,16H,1-7,10-11H2,(H,17,18). The summed E-state index contributed by atoms with van der Waals surface area (Å²) < 4.78 is 27.1. The first-order chi connectivity index (χ1) is 10.5. The van der Waals surface area contributed by atoms with Crippen molar-refractivity contribution in [2.75, 3.05) is 6.54 Å². The van der Waals surface area contributed by atoms with E-state index in [1.807, 2.05) is 0 Å². The van der Waals surface area contributed by atoms with Gasteiger partial charge in [0.15, 0.2) is 0 Å². The summed E-state index contributed by atoms with van der Waals surface area (Å²) in [7, 11) is -3.50. The Hall–Kier alpha value is -0.920. The highest BCUT2D eigenvalue weighted by atomic mass is 32.2. The Labute approximate surface area is 135 Å². The summed E-state index contributed by atoms with van der Waals surface area (Å²) in [6.45, 7) is 0.449. The first-order valence-electron chi connectivity index (χ1n) is 7.77. The quantitative estimate of drug-likeness (QED) is 0.709. The van der Waals surface area contributed by atoms with Crippen LogP contribution >= 0.6 is 11.3 Å². The van der Waals surface area contributed by atoms with Gasteiger partial charge in [-0.2, -0.15) is 0 Å². The van der Waals surface area contributed by atoms with Crippen LogP contribution in [0.3, 0.4) is 0 Å². The van der Waals surface area contributed by atoms with Crippen LogP contribution in [0.25, 0.3) is 0 Å². The van der Waals surface area contributed by atoms with Crippen molar-refractivity contribution >= 4 is 27.3 Å². The van der Waals surface area contributed by atoms with E-state index in [4.69, 9.17) is 5.11 Å². The molecular weight excluding hydrogens is 322 g/mol. The molecule has 1 aromatic heterocycles. The lowest BCUT2D eigenvalue weighted by molar-refractivity contribution is -0.136. The Morgan fingerprint density at radius 3 is 2.68 bits per heavy atom. The third kappa shape index (κ3) is 5.37. The molecule has 1 heterocycles. The van der Waals surface area contributed by atoms with Crippen molar-refractivity contribution in [2.24, 2.45) is 5.92 Å². The second-order valence-electron chi connectivity index (χ2n) is 5.84. The van der Waals surface area contributed by atoms with Crippen LogP contribution in [0.5, 0.6) is 0 Å². The van der Waals surface area contributed by atoms with Crippen LogP contribution in [-0.2, 0) is 21.2 Å². The van der Waals surface area contributed by atoms with Gasteiger partial charge in [0.1, 0.15) is 4.21 Å². The van der Waals surface area contributed by atoms with E-state index in [-0.39, 0.29) is 10.6 Å². The molecular formula is C15H23NO4S2. The topological polar surface area (TPSA) is 83.5 Å². The monoisotopic (exact) mass is 345 g/mol. The highest BCUT2D eigenvalue weighted by molar-refractivity contribution is 7.91. The van der Waals surface area contributed by atoms with Crippen LogP contribution in [-0.4, -0.2) is 26.0 Å². The minimum absolute atomic E-state index is 0.137. The molecule has 0 saturated heterocycles. The molecule has 0 radical (unpaired) electrons. The Kier molecular flexibility index (Phi) is 6.40. The summed E-state index contributed by atoms with van der Waals surface area (Å²) in [6.07, 6.45) is 8.29. The van der Waals surface area contributed by atoms with Gasteiger partial charge in [-0.25, -0.2) is 13.1 Å². The largest absolute Gasteiger partial charge is 0.481 e. The lowest BCUT2D eigenvalue weighted by atomic mass is 9.86. The molecule has 0 bridgehead atoms. The number of hydrogen-bond donors (Lipinski definition) is 2. The number of carboxylic acid groups (broad SMARTS) is 1. The average Bonchev–Trinajstić information content (AvgIpc) is 2.93. The molecule has 7 heteroatoms. The van der Waals surface area contributed by atoms with Gasteiger partial charge >= 0.3 is 5.97 Å². The van der Waals surface area contributed by atoms with E-state index in [1.54, 1.807) is 6.07 Å². The van der Waals surface area contributed by atoms with Crippen LogP contribution in [0, 0.1) is 5.92 Å². The molecule has 124 valence electrons. The maximum absolute atomic E-state index is 12.1. The van der Waals surface area contributed by atoms with E-state index in [9.17, 15) is 13.2 Å². The number of rotatable bonds is 8. The van der Waals surface area contributed by atoms with Gasteiger partial charge in [0, 0.05) is 11.4 Å². The van der Waals surface area contributed by atoms with Crippen molar-refractivity contribution in [3.63, 3.8) is 0 Å². The summed E-state index contributed by atoms with van der Waals surface area (Å²) in [5, 5.41) is 8.72. The molecule has 2 rings (SSSR count). The number of thiophene rings is 1. The minimum atomic E-state index is -3.50. The van der Waals surface area contributed by atoms with Gasteiger partial charge < -0.3 is 5.11 Å². The van der Waals surface area contributed by atoms with Crippen molar-refractivity contribution in [3.05, 3.63) is 17.0 Å². The van der Waals surface area contributed by atoms with E-state index in [1.165, 1.54) is 38.2 Å². The predicted octanol–water partition coefficient (Wildman–Crippen LogP) is 3.01. The van der Waals surface area contributed by atoms with Crippen molar-refractivity contribution in [2.45, 2.75) is 55.6 Å². The van der Waals surface area contributed by atoms with Crippen LogP contribution in [0.2, 0.25) is 0 Å². The minimum Gasteiger partial charge on any atom is -0.481 e. The fraction of sp³-hybridized carbons (Fsp3) is 0.667. The number of hydrogen-bond acceptors (Lipinski definition) is 4. The smallest absolute Gasteiger partial charge is 0.308 e. The first kappa shape index (κ1) is 17.4. The molecule has 5 nitrogen and oxygen atoms in total. The summed E-state index contributed by atoms with van der Waals surface area (Å²) in [4.78, 5) is 11.2. The van der Waals surface area contributed by atoms with Crippen LogP contribution in [0.4, 0.5) is 0 Å². The normalized spacial score (nSPS) is 16.7. The molecule has 1 aliphatic carbocycles. The number of sulfonamides is 1. The summed E-state index contributed by atoms with van der Waals surface area (Å²) in [6, 6.07) is 3.04. The van der Waals surface area contributed by atoms with Crippen molar-refractivity contribution < 1.29 is 18.3 Å². The lowest BCUT2D eigenvalue weighted by Crippen LogP contribution is -2.24. The fourth-order valence-electron chi connectivity index (χ4n) is 2.89. The maximum Gasteiger partial charge on any atom is 0.308 e. The van der Waals surface area contributed by atoms with E-state index >= 15 is 0 Å². The van der Waals surface area contributed by atoms with Crippen LogP contribution in [0.15, 0.2) is 16.3 Å². The predicted molar refractivity (Wildman–Crippen MR) is 86.7 cm³/mol. The highest BCUT2D eigenvalue weighted by Gasteiger charge is 2.18. The molecule has 0 spiro atoms. The maximum atomic E-state index is 12.1. The molecule has 0 aliphatic heterocycles. The molecule has 0 unspecified atom stereocenters. The Morgan fingerprint density at radius 2 is 2.00 bits per heavy atom. The number of carbonyl (C=O) groups is 1. The summed E-state index contributed by atoms with van der Waals surface area (Å²) in [5.74, 6) is -0.201. The molecule has 22 heavy (non-hydrogen) atoms. The van der Waals surface area contributed by atoms with Crippen molar-refractivity contribution in [1.29, 1.82) is 0 Å². The third-order valence-corrected chi connectivity index (χ3v) is 7.07. The number of aliphatic carboxylic acids is 1. The zero-order valence-corrected chi connectivity index (χ0v) is 14.2. The first-order valence-corrected chi connectivity index (χ1v) is 10.1. The van der Waals surface area contributed by atoms with Gasteiger partial charge in [-0.05, 0) is 30.9 Å². The lowest BCUT2D eigenvalue weighted by Gasteiger charge is -2.21. The van der Waals surface area contributed by atoms with Crippen LogP contribution in [0.1, 0.15) is 49.8 Å². The van der Waals surface area contributed by atoms with Gasteiger partial charge in [0.05, 0.1) is 6.42 Å². The average molecular weight is 345 g/mol. The fourth-order valence-corrected chi connectivity index (χ4v) is 5.36. The molecule has 0 atom stereocenters. The number of nitrogens with one attached hydrogen (secondary N) is 1. The highest BCUT2D eigenvalue weighted by Crippen LogP contribution is 2.27. The van der Waals surface area contributed by atoms with Crippen molar-refractivity contribution in [1.82, 2.24) is 4.72 Å². The van der Waals surface area contributed by atoms with Crippen molar-refractivity contribution in [3.8, 4) is 0 Å². The molecule has 1 aliphatic rings. The van der Waals surface area contributed by atoms with E-state index in [0.717, 1.165) is 30.1 Å². The Morgan fingerprint density at radius 1 is 1.27 bits per heavy atom. The molecule has 1 aromatic rings. The molecule has 1 saturated carbocycles. The second-order valence-corrected chi connectivity index (χ2v) is 9.00. The summed E-state index contributed by atoms with van der Waals surface area (Å²) in [5.41, 5.74) is 0. The van der Waals surface area contributed by atoms with E-state index < -0.39 is 16.0 Å².